The van der Waals surface area contributed by atoms with Crippen LogP contribution in [0.25, 0.3) is 6.08 Å². The van der Waals surface area contributed by atoms with Gasteiger partial charge in [0.25, 0.3) is 6.43 Å². The van der Waals surface area contributed by atoms with Crippen LogP contribution in [0.3, 0.4) is 0 Å². The molecule has 0 aliphatic heterocycles. The highest BCUT2D eigenvalue weighted by atomic mass is 35.5. The van der Waals surface area contributed by atoms with Gasteiger partial charge in [-0.1, -0.05) is 29.8 Å². The predicted molar refractivity (Wildman–Crippen MR) is 102 cm³/mol. The number of benzene rings is 1. The van der Waals surface area contributed by atoms with Crippen molar-refractivity contribution in [2.24, 2.45) is 0 Å². The van der Waals surface area contributed by atoms with Gasteiger partial charge in [0.15, 0.2) is 0 Å². The first-order valence-corrected chi connectivity index (χ1v) is 9.29. The van der Waals surface area contributed by atoms with Gasteiger partial charge < -0.3 is 4.90 Å². The van der Waals surface area contributed by atoms with E-state index in [0.29, 0.717) is 11.6 Å². The molecule has 0 saturated heterocycles. The zero-order chi connectivity index (χ0) is 19.6. The van der Waals surface area contributed by atoms with Crippen LogP contribution in [0.2, 0.25) is 5.02 Å². The van der Waals surface area contributed by atoms with E-state index in [4.69, 9.17) is 11.6 Å². The number of aryl methyl sites for hydroxylation is 1. The molecule has 7 heteroatoms. The fourth-order valence-corrected chi connectivity index (χ4v) is 3.29. The Labute approximate surface area is 162 Å². The maximum Gasteiger partial charge on any atom is 0.255 e. The number of nitrogens with zero attached hydrogens (tertiary/aromatic N) is 3. The number of amides is 1. The van der Waals surface area contributed by atoms with Crippen molar-refractivity contribution >= 4 is 23.6 Å². The Bertz CT molecular complexity index is 859. The van der Waals surface area contributed by atoms with Crippen LogP contribution in [-0.4, -0.2) is 39.6 Å². The van der Waals surface area contributed by atoms with Gasteiger partial charge in [-0.3, -0.25) is 9.48 Å². The number of aromatic nitrogens is 2. The minimum atomic E-state index is -2.52. The van der Waals surface area contributed by atoms with Gasteiger partial charge in [-0.15, -0.1) is 0 Å². The molecule has 2 aromatic rings. The quantitative estimate of drug-likeness (QED) is 0.651. The summed E-state index contributed by atoms with van der Waals surface area (Å²) in [6.07, 6.45) is 2.10. The molecule has 0 bridgehead atoms. The van der Waals surface area contributed by atoms with Gasteiger partial charge in [0.05, 0.1) is 18.8 Å². The average molecular weight is 394 g/mol. The standard InChI is InChI=1S/C20H22ClF2N3O/c1-13-17(9-10-20(27)25(12-19(22)23)16-7-8-16)14(2)26(24-13)11-15-5-3-4-6-18(15)21/h3-6,9-10,16,19H,7-8,11-12H2,1-2H3/b10-9+. The topological polar surface area (TPSA) is 38.1 Å². The monoisotopic (exact) mass is 393 g/mol. The molecule has 1 aliphatic carbocycles. The van der Waals surface area contributed by atoms with E-state index in [1.54, 1.807) is 6.08 Å². The summed E-state index contributed by atoms with van der Waals surface area (Å²) in [6.45, 7) is 3.78. The Morgan fingerprint density at radius 3 is 2.70 bits per heavy atom. The van der Waals surface area contributed by atoms with Crippen LogP contribution in [0.1, 0.15) is 35.4 Å². The van der Waals surface area contributed by atoms with Crippen LogP contribution >= 0.6 is 11.6 Å². The van der Waals surface area contributed by atoms with E-state index < -0.39 is 13.0 Å². The maximum atomic E-state index is 12.7. The lowest BCUT2D eigenvalue weighted by Crippen LogP contribution is -2.35. The Morgan fingerprint density at radius 2 is 2.07 bits per heavy atom. The minimum absolute atomic E-state index is 0.0544. The van der Waals surface area contributed by atoms with Crippen LogP contribution in [0.15, 0.2) is 30.3 Å². The second-order valence-electron chi connectivity index (χ2n) is 6.78. The highest BCUT2D eigenvalue weighted by Crippen LogP contribution is 2.28. The second-order valence-corrected chi connectivity index (χ2v) is 7.19. The van der Waals surface area contributed by atoms with Crippen LogP contribution in [0, 0.1) is 13.8 Å². The predicted octanol–water partition coefficient (Wildman–Crippen LogP) is 4.47. The van der Waals surface area contributed by atoms with Crippen LogP contribution in [0.5, 0.6) is 0 Å². The molecule has 0 radical (unpaired) electrons. The van der Waals surface area contributed by atoms with Crippen molar-refractivity contribution in [2.45, 2.75) is 45.7 Å². The summed E-state index contributed by atoms with van der Waals surface area (Å²) in [5.41, 5.74) is 3.44. The summed E-state index contributed by atoms with van der Waals surface area (Å²) in [7, 11) is 0. The molecule has 0 atom stereocenters. The van der Waals surface area contributed by atoms with Crippen LogP contribution < -0.4 is 0 Å². The molecule has 3 rings (SSSR count). The smallest absolute Gasteiger partial charge is 0.255 e. The first-order valence-electron chi connectivity index (χ1n) is 8.91. The fourth-order valence-electron chi connectivity index (χ4n) is 3.10. The molecule has 1 saturated carbocycles. The number of rotatable bonds is 7. The summed E-state index contributed by atoms with van der Waals surface area (Å²) in [4.78, 5) is 13.6. The number of carbonyl (C=O) groups excluding carboxylic acids is 1. The van der Waals surface area contributed by atoms with Gasteiger partial charge in [0, 0.05) is 28.4 Å². The first-order chi connectivity index (χ1) is 12.9. The van der Waals surface area contributed by atoms with E-state index in [1.165, 1.54) is 11.0 Å². The molecular weight excluding hydrogens is 372 g/mol. The third kappa shape index (κ3) is 4.75. The maximum absolute atomic E-state index is 12.7. The van der Waals surface area contributed by atoms with Crippen molar-refractivity contribution in [2.75, 3.05) is 6.54 Å². The number of carbonyl (C=O) groups is 1. The molecule has 4 nitrogen and oxygen atoms in total. The van der Waals surface area contributed by atoms with E-state index in [1.807, 2.05) is 42.8 Å². The lowest BCUT2D eigenvalue weighted by molar-refractivity contribution is -0.128. The fraction of sp³-hybridized carbons (Fsp3) is 0.400. The van der Waals surface area contributed by atoms with Gasteiger partial charge in [0.1, 0.15) is 0 Å². The Morgan fingerprint density at radius 1 is 1.37 bits per heavy atom. The van der Waals surface area contributed by atoms with Gasteiger partial charge >= 0.3 is 0 Å². The zero-order valence-corrected chi connectivity index (χ0v) is 16.1. The largest absolute Gasteiger partial charge is 0.330 e. The summed E-state index contributed by atoms with van der Waals surface area (Å²) in [6, 6.07) is 7.51. The van der Waals surface area contributed by atoms with Crippen molar-refractivity contribution in [3.63, 3.8) is 0 Å². The molecular formula is C20H22ClF2N3O. The molecule has 1 amide bonds. The molecule has 27 heavy (non-hydrogen) atoms. The third-order valence-corrected chi connectivity index (χ3v) is 5.08. The Hall–Kier alpha value is -2.21. The van der Waals surface area contributed by atoms with E-state index in [-0.39, 0.29) is 11.9 Å². The third-order valence-electron chi connectivity index (χ3n) is 4.71. The number of halogens is 3. The molecule has 1 aromatic carbocycles. The molecule has 0 N–H and O–H groups in total. The first kappa shape index (κ1) is 19.5. The van der Waals surface area contributed by atoms with E-state index >= 15 is 0 Å². The number of alkyl halides is 2. The van der Waals surface area contributed by atoms with Gasteiger partial charge in [-0.05, 0) is 44.4 Å². The summed E-state index contributed by atoms with van der Waals surface area (Å²) in [5.74, 6) is -0.379. The highest BCUT2D eigenvalue weighted by Gasteiger charge is 2.33. The SMILES string of the molecule is Cc1nn(Cc2ccccc2Cl)c(C)c1/C=C/C(=O)N(CC(F)F)C1CC1. The molecule has 1 heterocycles. The van der Waals surface area contributed by atoms with Gasteiger partial charge in [-0.25, -0.2) is 8.78 Å². The lowest BCUT2D eigenvalue weighted by atomic mass is 10.1. The highest BCUT2D eigenvalue weighted by molar-refractivity contribution is 6.31. The average Bonchev–Trinajstić information content (AvgIpc) is 3.41. The molecule has 0 spiro atoms. The molecule has 144 valence electrons. The molecule has 1 aromatic heterocycles. The second kappa shape index (κ2) is 8.21. The normalized spacial score (nSPS) is 14.3. The zero-order valence-electron chi connectivity index (χ0n) is 15.3. The lowest BCUT2D eigenvalue weighted by Gasteiger charge is -2.20. The Balaban J connectivity index is 1.77. The molecule has 0 unspecified atom stereocenters. The van der Waals surface area contributed by atoms with Crippen molar-refractivity contribution < 1.29 is 13.6 Å². The summed E-state index contributed by atoms with van der Waals surface area (Å²) in [5, 5.41) is 5.20. The van der Waals surface area contributed by atoms with Crippen LogP contribution in [0.4, 0.5) is 8.78 Å². The van der Waals surface area contributed by atoms with Gasteiger partial charge in [0.2, 0.25) is 5.91 Å². The van der Waals surface area contributed by atoms with E-state index in [9.17, 15) is 13.6 Å². The van der Waals surface area contributed by atoms with Crippen LogP contribution in [-0.2, 0) is 11.3 Å². The van der Waals surface area contributed by atoms with E-state index in [0.717, 1.165) is 35.4 Å². The number of hydrogen-bond donors (Lipinski definition) is 0. The van der Waals surface area contributed by atoms with Crippen molar-refractivity contribution in [1.29, 1.82) is 0 Å². The van der Waals surface area contributed by atoms with Crippen molar-refractivity contribution in [1.82, 2.24) is 14.7 Å². The van der Waals surface area contributed by atoms with Crippen molar-refractivity contribution in [3.05, 3.63) is 57.9 Å². The summed E-state index contributed by atoms with van der Waals surface area (Å²) < 4.78 is 27.3. The van der Waals surface area contributed by atoms with Gasteiger partial charge in [-0.2, -0.15) is 5.10 Å². The summed E-state index contributed by atoms with van der Waals surface area (Å²) >= 11 is 6.22. The molecule has 1 aliphatic rings. The molecule has 1 fully saturated rings. The minimum Gasteiger partial charge on any atom is -0.330 e. The van der Waals surface area contributed by atoms with E-state index in [2.05, 4.69) is 5.10 Å². The number of hydrogen-bond acceptors (Lipinski definition) is 2. The van der Waals surface area contributed by atoms with Crippen molar-refractivity contribution in [3.8, 4) is 0 Å². The Kier molecular flexibility index (Phi) is 5.95.